The first-order valence-corrected chi connectivity index (χ1v) is 5.40. The van der Waals surface area contributed by atoms with Crippen LogP contribution in [0.5, 0.6) is 11.5 Å². The van der Waals surface area contributed by atoms with E-state index in [1.807, 2.05) is 6.92 Å². The molecule has 80 valence electrons. The summed E-state index contributed by atoms with van der Waals surface area (Å²) in [6.07, 6.45) is 1.92. The van der Waals surface area contributed by atoms with Gasteiger partial charge in [0.1, 0.15) is 10.7 Å². The third-order valence-electron chi connectivity index (χ3n) is 1.79. The molecule has 1 rings (SSSR count). The zero-order valence-electron chi connectivity index (χ0n) is 8.33. The first kappa shape index (κ1) is 11.8. The molecule has 0 fully saturated rings. The number of aromatic nitrogens is 1. The van der Waals surface area contributed by atoms with E-state index < -0.39 is 0 Å². The molecule has 0 aliphatic heterocycles. The number of ether oxygens (including phenoxy) is 1. The molecule has 0 saturated heterocycles. The normalized spacial score (nSPS) is 9.67. The molecule has 5 heteroatoms. The monoisotopic (exact) mass is 270 g/mol. The molecule has 0 radical (unpaired) electrons. The highest BCUT2D eigenvalue weighted by atomic mass is 79.9. The average Bonchev–Trinajstić information content (AvgIpc) is 2.23. The Morgan fingerprint density at radius 3 is 3.00 bits per heavy atom. The number of aromatic hydroxyl groups is 1. The van der Waals surface area contributed by atoms with Gasteiger partial charge in [-0.2, -0.15) is 5.26 Å². The molecule has 0 unspecified atom stereocenters. The highest BCUT2D eigenvalue weighted by Crippen LogP contribution is 2.31. The number of rotatable bonds is 4. The van der Waals surface area contributed by atoms with Crippen LogP contribution in [0.3, 0.4) is 0 Å². The highest BCUT2D eigenvalue weighted by molar-refractivity contribution is 9.10. The molecule has 1 aromatic heterocycles. The Balaban J connectivity index is 2.88. The van der Waals surface area contributed by atoms with Crippen LogP contribution in [0.15, 0.2) is 10.7 Å². The van der Waals surface area contributed by atoms with E-state index in [0.717, 1.165) is 12.8 Å². The van der Waals surface area contributed by atoms with E-state index in [4.69, 9.17) is 10.00 Å². The minimum atomic E-state index is -0.197. The summed E-state index contributed by atoms with van der Waals surface area (Å²) < 4.78 is 5.80. The summed E-state index contributed by atoms with van der Waals surface area (Å²) >= 11 is 3.14. The minimum absolute atomic E-state index is 0.0316. The van der Waals surface area contributed by atoms with Gasteiger partial charge in [-0.3, -0.25) is 0 Å². The summed E-state index contributed by atoms with van der Waals surface area (Å²) in [6, 6.07) is 3.34. The Labute approximate surface area is 96.6 Å². The van der Waals surface area contributed by atoms with E-state index in [1.165, 1.54) is 0 Å². The maximum atomic E-state index is 9.58. The van der Waals surface area contributed by atoms with Crippen LogP contribution >= 0.6 is 15.9 Å². The van der Waals surface area contributed by atoms with E-state index in [-0.39, 0.29) is 11.4 Å². The number of halogens is 1. The van der Waals surface area contributed by atoms with Crippen molar-refractivity contribution in [1.29, 1.82) is 5.26 Å². The summed E-state index contributed by atoms with van der Waals surface area (Å²) in [5.41, 5.74) is -0.0316. The lowest BCUT2D eigenvalue weighted by atomic mass is 10.3. The van der Waals surface area contributed by atoms with Gasteiger partial charge in [0.25, 0.3) is 0 Å². The van der Waals surface area contributed by atoms with Gasteiger partial charge in [0.15, 0.2) is 17.2 Å². The number of nitriles is 1. The predicted molar refractivity (Wildman–Crippen MR) is 58.7 cm³/mol. The Bertz CT molecular complexity index is 388. The largest absolute Gasteiger partial charge is 0.502 e. The topological polar surface area (TPSA) is 66.1 Å². The van der Waals surface area contributed by atoms with Crippen molar-refractivity contribution < 1.29 is 9.84 Å². The second-order valence-electron chi connectivity index (χ2n) is 2.95. The number of pyridine rings is 1. The quantitative estimate of drug-likeness (QED) is 0.675. The smallest absolute Gasteiger partial charge is 0.195 e. The van der Waals surface area contributed by atoms with E-state index >= 15 is 0 Å². The molecule has 0 bridgehead atoms. The molecule has 0 spiro atoms. The van der Waals surface area contributed by atoms with Gasteiger partial charge in [-0.05, 0) is 22.4 Å². The van der Waals surface area contributed by atoms with Crippen LogP contribution < -0.4 is 4.74 Å². The fourth-order valence-electron chi connectivity index (χ4n) is 1.000. The molecular weight excluding hydrogens is 260 g/mol. The number of hydrogen-bond donors (Lipinski definition) is 1. The molecule has 0 aliphatic carbocycles. The van der Waals surface area contributed by atoms with Crippen molar-refractivity contribution >= 4 is 15.9 Å². The maximum Gasteiger partial charge on any atom is 0.195 e. The van der Waals surface area contributed by atoms with E-state index in [1.54, 1.807) is 12.1 Å². The lowest BCUT2D eigenvalue weighted by molar-refractivity contribution is 0.291. The zero-order chi connectivity index (χ0) is 11.3. The first-order chi connectivity index (χ1) is 7.19. The standard InChI is InChI=1S/C10H11BrN2O2/c1-2-3-4-15-8-5-9(11)13-7(6-12)10(8)14/h5,14H,2-4H2,1H3. The van der Waals surface area contributed by atoms with Crippen molar-refractivity contribution in [2.45, 2.75) is 19.8 Å². The Kier molecular flexibility index (Phi) is 4.37. The molecule has 1 aromatic rings. The molecule has 15 heavy (non-hydrogen) atoms. The molecule has 0 atom stereocenters. The molecule has 4 nitrogen and oxygen atoms in total. The maximum absolute atomic E-state index is 9.58. The second-order valence-corrected chi connectivity index (χ2v) is 3.77. The molecule has 0 saturated carbocycles. The van der Waals surface area contributed by atoms with Crippen molar-refractivity contribution in [3.8, 4) is 17.6 Å². The fourth-order valence-corrected chi connectivity index (χ4v) is 1.38. The fraction of sp³-hybridized carbons (Fsp3) is 0.400. The molecule has 0 aromatic carbocycles. The Morgan fingerprint density at radius 1 is 1.67 bits per heavy atom. The van der Waals surface area contributed by atoms with Crippen LogP contribution in [0, 0.1) is 11.3 Å². The van der Waals surface area contributed by atoms with Crippen LogP contribution in [0.25, 0.3) is 0 Å². The Morgan fingerprint density at radius 2 is 2.40 bits per heavy atom. The lowest BCUT2D eigenvalue weighted by Crippen LogP contribution is -1.98. The van der Waals surface area contributed by atoms with Gasteiger partial charge in [0.2, 0.25) is 0 Å². The number of hydrogen-bond acceptors (Lipinski definition) is 4. The summed E-state index contributed by atoms with van der Waals surface area (Å²) in [5, 5.41) is 18.3. The van der Waals surface area contributed by atoms with Gasteiger partial charge in [-0.15, -0.1) is 0 Å². The van der Waals surface area contributed by atoms with Crippen molar-refractivity contribution in [1.82, 2.24) is 4.98 Å². The zero-order valence-corrected chi connectivity index (χ0v) is 9.91. The SMILES string of the molecule is CCCCOc1cc(Br)nc(C#N)c1O. The van der Waals surface area contributed by atoms with E-state index in [0.29, 0.717) is 17.0 Å². The third-order valence-corrected chi connectivity index (χ3v) is 2.19. The van der Waals surface area contributed by atoms with E-state index in [9.17, 15) is 5.11 Å². The number of nitrogens with zero attached hydrogens (tertiary/aromatic N) is 2. The molecular formula is C10H11BrN2O2. The third kappa shape index (κ3) is 3.10. The van der Waals surface area contributed by atoms with Crippen molar-refractivity contribution in [2.75, 3.05) is 6.61 Å². The van der Waals surface area contributed by atoms with Gasteiger partial charge in [-0.1, -0.05) is 13.3 Å². The second kappa shape index (κ2) is 5.56. The van der Waals surface area contributed by atoms with Crippen molar-refractivity contribution in [3.63, 3.8) is 0 Å². The number of unbranched alkanes of at least 4 members (excludes halogenated alkanes) is 1. The summed E-state index contributed by atoms with van der Waals surface area (Å²) in [4.78, 5) is 3.81. The van der Waals surface area contributed by atoms with Crippen LogP contribution in [0.2, 0.25) is 0 Å². The summed E-state index contributed by atoms with van der Waals surface area (Å²) in [5.74, 6) is 0.0960. The van der Waals surface area contributed by atoms with Crippen LogP contribution in [0.1, 0.15) is 25.5 Å². The predicted octanol–water partition coefficient (Wildman–Crippen LogP) is 2.60. The van der Waals surface area contributed by atoms with Crippen LogP contribution in [-0.4, -0.2) is 16.7 Å². The minimum Gasteiger partial charge on any atom is -0.502 e. The van der Waals surface area contributed by atoms with Gasteiger partial charge < -0.3 is 9.84 Å². The van der Waals surface area contributed by atoms with Crippen molar-refractivity contribution in [3.05, 3.63) is 16.4 Å². The van der Waals surface area contributed by atoms with Crippen molar-refractivity contribution in [2.24, 2.45) is 0 Å². The van der Waals surface area contributed by atoms with Gasteiger partial charge in [0.05, 0.1) is 6.61 Å². The molecule has 0 aliphatic rings. The van der Waals surface area contributed by atoms with Crippen LogP contribution in [-0.2, 0) is 0 Å². The van der Waals surface area contributed by atoms with E-state index in [2.05, 4.69) is 20.9 Å². The lowest BCUT2D eigenvalue weighted by Gasteiger charge is -2.08. The van der Waals surface area contributed by atoms with Gasteiger partial charge in [0, 0.05) is 6.07 Å². The average molecular weight is 271 g/mol. The van der Waals surface area contributed by atoms with Gasteiger partial charge >= 0.3 is 0 Å². The first-order valence-electron chi connectivity index (χ1n) is 4.61. The molecule has 1 N–H and O–H groups in total. The Hall–Kier alpha value is -1.28. The van der Waals surface area contributed by atoms with Crippen LogP contribution in [0.4, 0.5) is 0 Å². The molecule has 0 amide bonds. The van der Waals surface area contributed by atoms with Gasteiger partial charge in [-0.25, -0.2) is 4.98 Å². The highest BCUT2D eigenvalue weighted by Gasteiger charge is 2.11. The summed E-state index contributed by atoms with van der Waals surface area (Å²) in [6.45, 7) is 2.57. The molecule has 1 heterocycles. The summed E-state index contributed by atoms with van der Waals surface area (Å²) in [7, 11) is 0.